The minimum Gasteiger partial charge on any atom is -0.487 e. The van der Waals surface area contributed by atoms with Crippen molar-refractivity contribution in [2.45, 2.75) is 152 Å². The minimum atomic E-state index is -0.992. The van der Waals surface area contributed by atoms with Crippen molar-refractivity contribution >= 4 is 44.7 Å². The molecule has 0 amide bonds. The lowest BCUT2D eigenvalue weighted by Gasteiger charge is -2.28. The van der Waals surface area contributed by atoms with E-state index in [1.54, 1.807) is 24.7 Å². The van der Waals surface area contributed by atoms with E-state index in [0.717, 1.165) is 119 Å². The van der Waals surface area contributed by atoms with Gasteiger partial charge in [-0.15, -0.1) is 0 Å². The van der Waals surface area contributed by atoms with Gasteiger partial charge in [-0.3, -0.25) is 0 Å². The Morgan fingerprint density at radius 2 is 0.930 bits per heavy atom. The topological polar surface area (TPSA) is 230 Å². The van der Waals surface area contributed by atoms with E-state index in [1.165, 1.54) is 27.8 Å². The van der Waals surface area contributed by atoms with Crippen molar-refractivity contribution in [2.75, 3.05) is 26.7 Å². The van der Waals surface area contributed by atoms with Crippen LogP contribution in [0.2, 0.25) is 5.02 Å². The number of ether oxygens (including phenoxy) is 3. The molecule has 86 heavy (non-hydrogen) atoms. The standard InChI is InChI=1S/C23H27N3O3.C22H24ClN3O3.C22H25N3O3/c1-14-6-9-24-23-16(14)8-11-26(23)18-12-20(22(28)21(18)27)29-19-5-3-4-15-7-10-25(2)13-17(15)19;1-12-2-6-25-22-15(12)4-7-26(22)17-10-19(21(28)20(17)27)29-18-9-14(23)8-13-3-5-24-11-16(13)18;1-13-5-9-24-22-15(13)7-10-25(22)17-11-19(21(27)20(17)26)28-18-4-2-3-14-12-23-8-6-16(14)18/h3-6,8-9,11,18,20-22,27-28H,7,10,12-13H2,1-2H3;2,4,6-9,17,19-21,24,27-28H,3,5,10-11H2,1H3;2-5,7,9-10,17,19-21,23,26-27H,6,8,11-12H2,1H3/t18?,20?,21-,22+;2*17?,19?,20-,21+/m000/s1. The Balaban J connectivity index is 0.000000120. The maximum absolute atomic E-state index is 10.8. The molecule has 3 aliphatic heterocycles. The quantitative estimate of drug-likeness (QED) is 0.0709. The van der Waals surface area contributed by atoms with E-state index in [2.05, 4.69) is 56.6 Å². The van der Waals surface area contributed by atoms with Gasteiger partial charge in [-0.2, -0.15) is 0 Å². The van der Waals surface area contributed by atoms with Gasteiger partial charge in [0.25, 0.3) is 0 Å². The summed E-state index contributed by atoms with van der Waals surface area (Å²) in [5.41, 5.74) is 13.1. The molecule has 18 nitrogen and oxygen atoms in total. The molecule has 15 rings (SSSR count). The predicted octanol–water partition coefficient (Wildman–Crippen LogP) is 7.31. The van der Waals surface area contributed by atoms with Crippen molar-refractivity contribution in [3.63, 3.8) is 0 Å². The fourth-order valence-corrected chi connectivity index (χ4v) is 14.2. The van der Waals surface area contributed by atoms with Gasteiger partial charge >= 0.3 is 0 Å². The number of aliphatic hydroxyl groups excluding tert-OH is 6. The highest BCUT2D eigenvalue weighted by atomic mass is 35.5. The molecule has 8 N–H and O–H groups in total. The third-order valence-corrected chi connectivity index (χ3v) is 19.1. The molecule has 9 aromatic rings. The molecule has 450 valence electrons. The van der Waals surface area contributed by atoms with Crippen LogP contribution in [-0.2, 0) is 38.9 Å². The zero-order valence-corrected chi connectivity index (χ0v) is 49.6. The highest BCUT2D eigenvalue weighted by Gasteiger charge is 2.47. The van der Waals surface area contributed by atoms with E-state index >= 15 is 0 Å². The van der Waals surface area contributed by atoms with Gasteiger partial charge in [0.05, 0.1) is 18.1 Å². The lowest BCUT2D eigenvalue weighted by Crippen LogP contribution is -2.35. The molecular formula is C67H76ClN9O9. The van der Waals surface area contributed by atoms with Crippen molar-refractivity contribution in [2.24, 2.45) is 0 Å². The Labute approximate surface area is 504 Å². The van der Waals surface area contributed by atoms with Gasteiger partial charge < -0.3 is 74.1 Å². The second kappa shape index (κ2) is 24.3. The lowest BCUT2D eigenvalue weighted by atomic mass is 9.99. The van der Waals surface area contributed by atoms with E-state index in [1.807, 2.05) is 113 Å². The molecule has 0 radical (unpaired) electrons. The zero-order valence-electron chi connectivity index (χ0n) is 48.9. The van der Waals surface area contributed by atoms with Gasteiger partial charge in [0.1, 0.15) is 89.1 Å². The Morgan fingerprint density at radius 1 is 0.477 bits per heavy atom. The summed E-state index contributed by atoms with van der Waals surface area (Å²) in [5, 5.41) is 75.1. The summed E-state index contributed by atoms with van der Waals surface area (Å²) in [4.78, 5) is 15.8. The number of hydrogen-bond donors (Lipinski definition) is 8. The van der Waals surface area contributed by atoms with E-state index in [9.17, 15) is 30.6 Å². The molecule has 0 saturated heterocycles. The molecule has 3 saturated carbocycles. The molecule has 12 atom stereocenters. The number of rotatable bonds is 9. The molecule has 3 aromatic carbocycles. The van der Waals surface area contributed by atoms with E-state index in [0.29, 0.717) is 36.6 Å². The Bertz CT molecular complexity index is 3920. The molecule has 0 bridgehead atoms. The van der Waals surface area contributed by atoms with Crippen LogP contribution in [0.1, 0.15) is 87.5 Å². The number of aromatic nitrogens is 6. The van der Waals surface area contributed by atoms with E-state index in [4.69, 9.17) is 25.8 Å². The normalized spacial score (nSPS) is 27.0. The second-order valence-corrected chi connectivity index (χ2v) is 24.7. The van der Waals surface area contributed by atoms with Crippen LogP contribution in [0.25, 0.3) is 33.1 Å². The maximum atomic E-state index is 10.8. The summed E-state index contributed by atoms with van der Waals surface area (Å²) in [5.74, 6) is 2.32. The number of nitrogens with one attached hydrogen (secondary N) is 2. The van der Waals surface area contributed by atoms with E-state index < -0.39 is 54.9 Å². The molecular weight excluding hydrogens is 1110 g/mol. The monoisotopic (exact) mass is 1190 g/mol. The Kier molecular flexibility index (Phi) is 16.4. The molecule has 6 unspecified atom stereocenters. The van der Waals surface area contributed by atoms with Crippen molar-refractivity contribution in [3.05, 3.63) is 177 Å². The number of aryl methyl sites for hydroxylation is 3. The number of aliphatic hydroxyl groups is 6. The maximum Gasteiger partial charge on any atom is 0.140 e. The number of benzene rings is 3. The van der Waals surface area contributed by atoms with Gasteiger partial charge in [0.15, 0.2) is 0 Å². The van der Waals surface area contributed by atoms with Crippen molar-refractivity contribution in [1.82, 2.24) is 44.2 Å². The summed E-state index contributed by atoms with van der Waals surface area (Å²) >= 11 is 6.30. The summed E-state index contributed by atoms with van der Waals surface area (Å²) in [6.07, 6.45) is 8.45. The average molecular weight is 1190 g/mol. The first-order valence-corrected chi connectivity index (χ1v) is 30.5. The minimum absolute atomic E-state index is 0.270. The molecule has 0 spiro atoms. The first kappa shape index (κ1) is 58.1. The summed E-state index contributed by atoms with van der Waals surface area (Å²) in [6.45, 7) is 11.4. The fourth-order valence-electron chi connectivity index (χ4n) is 14.0. The van der Waals surface area contributed by atoms with Crippen LogP contribution in [-0.4, -0.2) is 146 Å². The third-order valence-electron chi connectivity index (χ3n) is 18.9. The zero-order chi connectivity index (χ0) is 59.5. The number of halogens is 1. The Hall–Kier alpha value is -6.94. The van der Waals surface area contributed by atoms with Crippen LogP contribution < -0.4 is 24.8 Å². The van der Waals surface area contributed by atoms with Crippen LogP contribution >= 0.6 is 11.6 Å². The lowest BCUT2D eigenvalue weighted by molar-refractivity contribution is -0.0167. The average Bonchev–Trinajstić information content (AvgIpc) is 1.98. The van der Waals surface area contributed by atoms with Gasteiger partial charge in [0.2, 0.25) is 0 Å². The second-order valence-electron chi connectivity index (χ2n) is 24.3. The summed E-state index contributed by atoms with van der Waals surface area (Å²) < 4.78 is 24.7. The van der Waals surface area contributed by atoms with Crippen LogP contribution in [0.15, 0.2) is 122 Å². The van der Waals surface area contributed by atoms with Crippen molar-refractivity contribution in [1.29, 1.82) is 0 Å². The number of likely N-dealkylation sites (N-methyl/N-ethyl adjacent to an activating group) is 1. The van der Waals surface area contributed by atoms with Crippen molar-refractivity contribution < 1.29 is 44.8 Å². The first-order chi connectivity index (χ1) is 41.7. The van der Waals surface area contributed by atoms with E-state index in [-0.39, 0.29) is 18.1 Å². The largest absolute Gasteiger partial charge is 0.487 e. The van der Waals surface area contributed by atoms with Crippen LogP contribution in [0, 0.1) is 20.8 Å². The molecule has 3 aliphatic carbocycles. The highest BCUT2D eigenvalue weighted by Crippen LogP contribution is 2.42. The summed E-state index contributed by atoms with van der Waals surface area (Å²) in [7, 11) is 2.11. The van der Waals surface area contributed by atoms with Gasteiger partial charge in [-0.25, -0.2) is 15.0 Å². The molecule has 19 heteroatoms. The number of nitrogens with zero attached hydrogens (tertiary/aromatic N) is 7. The number of fused-ring (bicyclic) bond motifs is 6. The molecule has 6 aliphatic rings. The number of pyridine rings is 3. The molecule has 9 heterocycles. The van der Waals surface area contributed by atoms with Crippen LogP contribution in [0.3, 0.4) is 0 Å². The first-order valence-electron chi connectivity index (χ1n) is 30.2. The van der Waals surface area contributed by atoms with Gasteiger partial charge in [0, 0.05) is 115 Å². The highest BCUT2D eigenvalue weighted by molar-refractivity contribution is 6.30. The van der Waals surface area contributed by atoms with Crippen LogP contribution in [0.5, 0.6) is 17.2 Å². The van der Waals surface area contributed by atoms with Crippen molar-refractivity contribution in [3.8, 4) is 17.2 Å². The number of hydrogen-bond acceptors (Lipinski definition) is 15. The molecule has 3 fully saturated rings. The molecule has 6 aromatic heterocycles. The van der Waals surface area contributed by atoms with Gasteiger partial charge in [-0.1, -0.05) is 35.9 Å². The summed E-state index contributed by atoms with van der Waals surface area (Å²) in [6, 6.07) is 27.1. The SMILES string of the molecule is Cc1ccnc2c1ccn2C1CC(Oc2cc(Cl)cc3c2CNCC3)[C@@H](O)[C@H]1O.Cc1ccnc2c1ccn2C1CC(Oc2cccc3c2CCNC3)[C@@H](O)[C@H]1O.Cc1ccnc2c1ccn2C1CC(Oc2cccc3c2CN(C)CC3)[C@@H](O)[C@H]1O. The van der Waals surface area contributed by atoms with Crippen LogP contribution in [0.4, 0.5) is 0 Å². The Morgan fingerprint density at radius 3 is 1.44 bits per heavy atom. The fraction of sp³-hybridized carbons (Fsp3) is 0.418. The smallest absolute Gasteiger partial charge is 0.140 e. The predicted molar refractivity (Wildman–Crippen MR) is 329 cm³/mol. The third kappa shape index (κ3) is 11.0. The van der Waals surface area contributed by atoms with Gasteiger partial charge in [-0.05, 0) is 160 Å².